The molecule has 8 nitrogen and oxygen atoms in total. The number of carbonyl (C=O) groups excluding carboxylic acids is 1. The smallest absolute Gasteiger partial charge is 0.409 e. The van der Waals surface area contributed by atoms with Crippen LogP contribution in [0.4, 0.5) is 27.8 Å². The van der Waals surface area contributed by atoms with Gasteiger partial charge in [-0.25, -0.2) is 14.8 Å². The Morgan fingerprint density at radius 3 is 2.70 bits per heavy atom. The van der Waals surface area contributed by atoms with Gasteiger partial charge in [-0.2, -0.15) is 0 Å². The van der Waals surface area contributed by atoms with Gasteiger partial charge < -0.3 is 25.6 Å². The summed E-state index contributed by atoms with van der Waals surface area (Å²) in [5.41, 5.74) is 7.29. The van der Waals surface area contributed by atoms with Crippen molar-refractivity contribution in [2.24, 2.45) is 0 Å². The second kappa shape index (κ2) is 8.49. The minimum absolute atomic E-state index is 0.300. The average molecular weight is 411 g/mol. The minimum atomic E-state index is -0.300. The number of nitrogens with two attached hydrogens (primary N) is 1. The van der Waals surface area contributed by atoms with Gasteiger partial charge in [0.2, 0.25) is 0 Å². The van der Waals surface area contributed by atoms with E-state index in [1.165, 1.54) is 6.33 Å². The molecule has 0 spiro atoms. The predicted molar refractivity (Wildman–Crippen MR) is 107 cm³/mol. The molecule has 0 saturated carbocycles. The van der Waals surface area contributed by atoms with Crippen LogP contribution in [0.3, 0.4) is 0 Å². The highest BCUT2D eigenvalue weighted by atomic mass is 35.5. The summed E-state index contributed by atoms with van der Waals surface area (Å²) in [5.74, 6) is 1.05. The number of ether oxygens (including phenoxy) is 1. The Bertz CT molecular complexity index is 827. The normalized spacial score (nSPS) is 14.2. The molecule has 2 heterocycles. The van der Waals surface area contributed by atoms with Crippen LogP contribution in [0, 0.1) is 0 Å². The molecule has 0 aliphatic carbocycles. The molecule has 0 radical (unpaired) electrons. The van der Waals surface area contributed by atoms with Crippen molar-refractivity contribution in [2.45, 2.75) is 6.92 Å². The van der Waals surface area contributed by atoms with Crippen molar-refractivity contribution in [3.05, 3.63) is 34.6 Å². The molecule has 0 atom stereocenters. The van der Waals surface area contributed by atoms with Gasteiger partial charge in [0.25, 0.3) is 0 Å². The van der Waals surface area contributed by atoms with E-state index >= 15 is 0 Å². The maximum atomic E-state index is 11.8. The van der Waals surface area contributed by atoms with Crippen LogP contribution in [0.15, 0.2) is 24.5 Å². The highest BCUT2D eigenvalue weighted by molar-refractivity contribution is 6.43. The molecule has 3 rings (SSSR count). The highest BCUT2D eigenvalue weighted by Crippen LogP contribution is 2.34. The van der Waals surface area contributed by atoms with Gasteiger partial charge in [0.1, 0.15) is 12.0 Å². The summed E-state index contributed by atoms with van der Waals surface area (Å²) < 4.78 is 5.04. The van der Waals surface area contributed by atoms with Crippen molar-refractivity contribution >= 4 is 52.3 Å². The fourth-order valence-electron chi connectivity index (χ4n) is 2.78. The fraction of sp³-hybridized carbons (Fsp3) is 0.353. The topological polar surface area (TPSA) is 96.6 Å². The molecule has 1 aromatic carbocycles. The van der Waals surface area contributed by atoms with Crippen LogP contribution in [0.25, 0.3) is 0 Å². The summed E-state index contributed by atoms with van der Waals surface area (Å²) in [6, 6.07) is 5.27. The lowest BCUT2D eigenvalue weighted by atomic mass is 10.3. The second-order valence-corrected chi connectivity index (χ2v) is 6.64. The molecule has 0 unspecified atom stereocenters. The van der Waals surface area contributed by atoms with Crippen LogP contribution in [-0.2, 0) is 4.74 Å². The molecular weight excluding hydrogens is 391 g/mol. The van der Waals surface area contributed by atoms with E-state index in [0.717, 1.165) is 0 Å². The van der Waals surface area contributed by atoms with Crippen molar-refractivity contribution in [1.29, 1.82) is 0 Å². The van der Waals surface area contributed by atoms with E-state index in [4.69, 9.17) is 33.7 Å². The van der Waals surface area contributed by atoms with Crippen LogP contribution in [-0.4, -0.2) is 53.7 Å². The van der Waals surface area contributed by atoms with Crippen LogP contribution < -0.4 is 16.0 Å². The average Bonchev–Trinajstić information content (AvgIpc) is 2.67. The number of carbonyl (C=O) groups is 1. The van der Waals surface area contributed by atoms with E-state index in [0.29, 0.717) is 65.8 Å². The lowest BCUT2D eigenvalue weighted by Crippen LogP contribution is -2.49. The van der Waals surface area contributed by atoms with Gasteiger partial charge in [-0.05, 0) is 19.1 Å². The minimum Gasteiger partial charge on any atom is -0.450 e. The van der Waals surface area contributed by atoms with Gasteiger partial charge in [-0.3, -0.25) is 0 Å². The number of hydrogen-bond acceptors (Lipinski definition) is 7. The zero-order chi connectivity index (χ0) is 19.4. The quantitative estimate of drug-likeness (QED) is 0.796. The molecule has 1 aliphatic heterocycles. The molecule has 144 valence electrons. The number of rotatable bonds is 4. The molecule has 0 bridgehead atoms. The zero-order valence-corrected chi connectivity index (χ0v) is 16.3. The molecule has 1 aliphatic rings. The van der Waals surface area contributed by atoms with Crippen molar-refractivity contribution in [2.75, 3.05) is 48.7 Å². The number of nitrogens with zero attached hydrogens (tertiary/aromatic N) is 4. The van der Waals surface area contributed by atoms with Crippen LogP contribution in [0.2, 0.25) is 10.0 Å². The number of aromatic nitrogens is 2. The van der Waals surface area contributed by atoms with Gasteiger partial charge in [0.15, 0.2) is 11.6 Å². The Morgan fingerprint density at radius 2 is 2.00 bits per heavy atom. The molecule has 1 saturated heterocycles. The lowest BCUT2D eigenvalue weighted by molar-refractivity contribution is 0.105. The Hall–Kier alpha value is -2.45. The van der Waals surface area contributed by atoms with Crippen LogP contribution in [0.5, 0.6) is 0 Å². The Balaban J connectivity index is 1.74. The first-order valence-electron chi connectivity index (χ1n) is 8.49. The SMILES string of the molecule is CCOC(=O)N1CCN(c2ncnc(Nc3cccc(Cl)c3Cl)c2N)CC1. The summed E-state index contributed by atoms with van der Waals surface area (Å²) in [5, 5.41) is 3.93. The Morgan fingerprint density at radius 1 is 1.26 bits per heavy atom. The number of benzene rings is 1. The number of amides is 1. The van der Waals surface area contributed by atoms with Crippen LogP contribution >= 0.6 is 23.2 Å². The molecule has 27 heavy (non-hydrogen) atoms. The van der Waals surface area contributed by atoms with Gasteiger partial charge in [0, 0.05) is 26.2 Å². The van der Waals surface area contributed by atoms with E-state index in [9.17, 15) is 4.79 Å². The maximum absolute atomic E-state index is 11.8. The number of anilines is 4. The highest BCUT2D eigenvalue weighted by Gasteiger charge is 2.24. The maximum Gasteiger partial charge on any atom is 0.409 e. The van der Waals surface area contributed by atoms with Gasteiger partial charge in [-0.1, -0.05) is 29.3 Å². The van der Waals surface area contributed by atoms with E-state index in [1.807, 2.05) is 4.90 Å². The fourth-order valence-corrected chi connectivity index (χ4v) is 3.13. The van der Waals surface area contributed by atoms with E-state index in [2.05, 4.69) is 15.3 Å². The summed E-state index contributed by atoms with van der Waals surface area (Å²) in [6.07, 6.45) is 1.13. The first kappa shape index (κ1) is 19.3. The van der Waals surface area contributed by atoms with Crippen molar-refractivity contribution in [3.63, 3.8) is 0 Å². The van der Waals surface area contributed by atoms with E-state index < -0.39 is 0 Å². The largest absolute Gasteiger partial charge is 0.450 e. The van der Waals surface area contributed by atoms with Gasteiger partial charge in [0.05, 0.1) is 22.3 Å². The molecule has 1 aromatic heterocycles. The predicted octanol–water partition coefficient (Wildman–Crippen LogP) is 3.39. The first-order chi connectivity index (χ1) is 13.0. The van der Waals surface area contributed by atoms with E-state index in [1.54, 1.807) is 30.0 Å². The summed E-state index contributed by atoms with van der Waals surface area (Å²) >= 11 is 12.3. The Labute approximate surface area is 167 Å². The third kappa shape index (κ3) is 4.28. The zero-order valence-electron chi connectivity index (χ0n) is 14.8. The summed E-state index contributed by atoms with van der Waals surface area (Å²) in [7, 11) is 0. The molecule has 10 heteroatoms. The van der Waals surface area contributed by atoms with Crippen LogP contribution in [0.1, 0.15) is 6.92 Å². The van der Waals surface area contributed by atoms with Crippen molar-refractivity contribution < 1.29 is 9.53 Å². The molecule has 1 amide bonds. The number of nitrogens with one attached hydrogen (secondary N) is 1. The standard InChI is InChI=1S/C17H20Cl2N6O2/c1-2-27-17(26)25-8-6-24(7-9-25)16-14(20)15(21-10-22-16)23-12-5-3-4-11(18)13(12)19/h3-5,10H,2,6-9,20H2,1H3,(H,21,22,23). The summed E-state index contributed by atoms with van der Waals surface area (Å²) in [6.45, 7) is 4.40. The van der Waals surface area contributed by atoms with Gasteiger partial charge in [-0.15, -0.1) is 0 Å². The Kier molecular flexibility index (Phi) is 6.08. The molecule has 3 N–H and O–H groups in total. The number of hydrogen-bond donors (Lipinski definition) is 2. The number of halogens is 2. The molecular formula is C17H20Cl2N6O2. The van der Waals surface area contributed by atoms with Crippen molar-refractivity contribution in [3.8, 4) is 0 Å². The van der Waals surface area contributed by atoms with Gasteiger partial charge >= 0.3 is 6.09 Å². The summed E-state index contributed by atoms with van der Waals surface area (Å²) in [4.78, 5) is 24.0. The molecule has 1 fully saturated rings. The second-order valence-electron chi connectivity index (χ2n) is 5.86. The first-order valence-corrected chi connectivity index (χ1v) is 9.25. The lowest BCUT2D eigenvalue weighted by Gasteiger charge is -2.35. The monoisotopic (exact) mass is 410 g/mol. The third-order valence-electron chi connectivity index (χ3n) is 4.17. The number of nitrogen functional groups attached to an aromatic ring is 1. The third-order valence-corrected chi connectivity index (χ3v) is 4.99. The number of piperazine rings is 1. The van der Waals surface area contributed by atoms with E-state index in [-0.39, 0.29) is 6.09 Å². The van der Waals surface area contributed by atoms with Crippen molar-refractivity contribution in [1.82, 2.24) is 14.9 Å². The molecule has 2 aromatic rings.